The monoisotopic (exact) mass is 383 g/mol. The first kappa shape index (κ1) is 20.1. The van der Waals surface area contributed by atoms with Crippen molar-refractivity contribution in [3.8, 4) is 11.3 Å². The maximum atomic E-state index is 12.6. The molecule has 3 rings (SSSR count). The molecule has 7 heteroatoms. The van der Waals surface area contributed by atoms with Crippen LogP contribution in [0.25, 0.3) is 11.3 Å². The molecule has 28 heavy (non-hydrogen) atoms. The van der Waals surface area contributed by atoms with Crippen LogP contribution in [0.15, 0.2) is 35.3 Å². The van der Waals surface area contributed by atoms with E-state index < -0.39 is 5.56 Å². The highest BCUT2D eigenvalue weighted by atomic mass is 16.2. The van der Waals surface area contributed by atoms with Crippen LogP contribution in [0.2, 0.25) is 0 Å². The molecule has 0 atom stereocenters. The van der Waals surface area contributed by atoms with Gasteiger partial charge in [-0.1, -0.05) is 19.4 Å². The van der Waals surface area contributed by atoms with Gasteiger partial charge in [-0.3, -0.25) is 14.6 Å². The van der Waals surface area contributed by atoms with Gasteiger partial charge in [-0.25, -0.2) is 0 Å². The molecule has 1 aliphatic heterocycles. The van der Waals surface area contributed by atoms with Crippen molar-refractivity contribution >= 4 is 11.7 Å². The molecule has 0 unspecified atom stereocenters. The second-order valence-corrected chi connectivity index (χ2v) is 7.40. The molecule has 0 saturated carbocycles. The number of H-pyrrole nitrogens is 1. The summed E-state index contributed by atoms with van der Waals surface area (Å²) in [7, 11) is 0. The Morgan fingerprint density at radius 3 is 2.82 bits per heavy atom. The highest BCUT2D eigenvalue weighted by Crippen LogP contribution is 2.22. The number of pyridine rings is 2. The van der Waals surface area contributed by atoms with Crippen molar-refractivity contribution < 1.29 is 4.79 Å². The molecule has 0 aromatic carbocycles. The minimum absolute atomic E-state index is 0.0650. The molecule has 0 aliphatic carbocycles. The zero-order valence-corrected chi connectivity index (χ0v) is 16.4. The smallest absolute Gasteiger partial charge is 0.262 e. The number of anilines is 1. The number of nitrogens with two attached hydrogens (primary N) is 1. The van der Waals surface area contributed by atoms with E-state index in [0.29, 0.717) is 23.7 Å². The Morgan fingerprint density at radius 1 is 1.36 bits per heavy atom. The van der Waals surface area contributed by atoms with E-state index in [-0.39, 0.29) is 17.3 Å². The summed E-state index contributed by atoms with van der Waals surface area (Å²) >= 11 is 0. The van der Waals surface area contributed by atoms with Crippen molar-refractivity contribution in [1.82, 2.24) is 20.2 Å². The Balaban J connectivity index is 1.61. The van der Waals surface area contributed by atoms with Crippen LogP contribution in [0.5, 0.6) is 0 Å². The molecule has 3 heterocycles. The van der Waals surface area contributed by atoms with Crippen LogP contribution >= 0.6 is 0 Å². The second-order valence-electron chi connectivity index (χ2n) is 7.40. The van der Waals surface area contributed by atoms with Crippen LogP contribution in [0.1, 0.15) is 43.0 Å². The summed E-state index contributed by atoms with van der Waals surface area (Å²) in [5.41, 5.74) is 6.68. The average Bonchev–Trinajstić information content (AvgIpc) is 2.72. The van der Waals surface area contributed by atoms with Crippen molar-refractivity contribution in [1.29, 1.82) is 0 Å². The zero-order chi connectivity index (χ0) is 19.9. The van der Waals surface area contributed by atoms with Gasteiger partial charge in [0.2, 0.25) is 0 Å². The fourth-order valence-corrected chi connectivity index (χ4v) is 3.58. The molecule has 0 spiro atoms. The number of likely N-dealkylation sites (tertiary alicyclic amines) is 1. The minimum atomic E-state index is -0.482. The summed E-state index contributed by atoms with van der Waals surface area (Å²) in [6.45, 7) is 6.11. The van der Waals surface area contributed by atoms with Gasteiger partial charge < -0.3 is 20.9 Å². The Bertz CT molecular complexity index is 842. The number of carbonyl (C=O) groups excluding carboxylic acids is 1. The van der Waals surface area contributed by atoms with Gasteiger partial charge in [0.05, 0.1) is 5.69 Å². The van der Waals surface area contributed by atoms with E-state index in [2.05, 4.69) is 27.1 Å². The summed E-state index contributed by atoms with van der Waals surface area (Å²) in [4.78, 5) is 34.1. The van der Waals surface area contributed by atoms with Crippen molar-refractivity contribution in [3.05, 3.63) is 46.4 Å². The number of rotatable bonds is 7. The molecule has 4 N–H and O–H groups in total. The van der Waals surface area contributed by atoms with Crippen molar-refractivity contribution in [2.24, 2.45) is 5.92 Å². The van der Waals surface area contributed by atoms with Gasteiger partial charge >= 0.3 is 0 Å². The number of unbranched alkanes of at least 4 members (excludes halogenated alkanes) is 1. The Kier molecular flexibility index (Phi) is 6.81. The summed E-state index contributed by atoms with van der Waals surface area (Å²) in [6.07, 6.45) is 6.24. The number of hydrogen-bond donors (Lipinski definition) is 3. The molecule has 1 aliphatic rings. The van der Waals surface area contributed by atoms with Gasteiger partial charge in [-0.15, -0.1) is 0 Å². The predicted molar refractivity (Wildman–Crippen MR) is 111 cm³/mol. The third-order valence-corrected chi connectivity index (χ3v) is 5.34. The second kappa shape index (κ2) is 9.50. The molecular formula is C21H29N5O2. The maximum absolute atomic E-state index is 12.6. The van der Waals surface area contributed by atoms with Gasteiger partial charge in [0.25, 0.3) is 11.5 Å². The maximum Gasteiger partial charge on any atom is 0.262 e. The van der Waals surface area contributed by atoms with E-state index in [1.54, 1.807) is 18.3 Å². The predicted octanol–water partition coefficient (Wildman–Crippen LogP) is 2.26. The molecule has 150 valence electrons. The van der Waals surface area contributed by atoms with Crippen LogP contribution in [-0.2, 0) is 0 Å². The van der Waals surface area contributed by atoms with Crippen LogP contribution < -0.4 is 16.6 Å². The van der Waals surface area contributed by atoms with Gasteiger partial charge in [0.1, 0.15) is 11.4 Å². The first-order valence-corrected chi connectivity index (χ1v) is 10.0. The SMILES string of the molecule is CCCCN1CCC(CNC(=O)c2cc(-c3ccccn3)c(N)[nH]c2=O)CC1. The molecule has 1 saturated heterocycles. The topological polar surface area (TPSA) is 104 Å². The summed E-state index contributed by atoms with van der Waals surface area (Å²) in [6, 6.07) is 6.95. The fraction of sp³-hybridized carbons (Fsp3) is 0.476. The van der Waals surface area contributed by atoms with E-state index >= 15 is 0 Å². The third-order valence-electron chi connectivity index (χ3n) is 5.34. The van der Waals surface area contributed by atoms with E-state index in [9.17, 15) is 9.59 Å². The van der Waals surface area contributed by atoms with Gasteiger partial charge in [-0.2, -0.15) is 0 Å². The number of carbonyl (C=O) groups is 1. The molecule has 0 radical (unpaired) electrons. The lowest BCUT2D eigenvalue weighted by Crippen LogP contribution is -2.39. The highest BCUT2D eigenvalue weighted by molar-refractivity contribution is 5.95. The van der Waals surface area contributed by atoms with Crippen LogP contribution in [0.3, 0.4) is 0 Å². The quantitative estimate of drug-likeness (QED) is 0.680. The lowest BCUT2D eigenvalue weighted by Gasteiger charge is -2.31. The normalized spacial score (nSPS) is 15.5. The van der Waals surface area contributed by atoms with E-state index in [4.69, 9.17) is 5.73 Å². The van der Waals surface area contributed by atoms with Crippen LogP contribution in [0.4, 0.5) is 5.82 Å². The van der Waals surface area contributed by atoms with Crippen LogP contribution in [0, 0.1) is 5.92 Å². The number of nitrogens with zero attached hydrogens (tertiary/aromatic N) is 2. The standard InChI is InChI=1S/C21H29N5O2/c1-2-3-10-26-11-7-15(8-12-26)14-24-20(27)17-13-16(19(22)25-21(17)28)18-6-4-5-9-23-18/h4-6,9,13,15H,2-3,7-8,10-12,14H2,1H3,(H,24,27)(H3,22,25,28). The molecule has 1 fully saturated rings. The van der Waals surface area contributed by atoms with Gasteiger partial charge in [0, 0.05) is 18.3 Å². The molecular weight excluding hydrogens is 354 g/mol. The number of piperidine rings is 1. The number of nitrogens with one attached hydrogen (secondary N) is 2. The lowest BCUT2D eigenvalue weighted by atomic mass is 9.96. The first-order chi connectivity index (χ1) is 13.6. The van der Waals surface area contributed by atoms with Crippen molar-refractivity contribution in [2.75, 3.05) is 31.9 Å². The summed E-state index contributed by atoms with van der Waals surface area (Å²) in [5, 5.41) is 2.93. The Labute approximate surface area is 165 Å². The van der Waals surface area contributed by atoms with Gasteiger partial charge in [-0.05, 0) is 63.0 Å². The number of hydrogen-bond acceptors (Lipinski definition) is 5. The van der Waals surface area contributed by atoms with Crippen molar-refractivity contribution in [2.45, 2.75) is 32.6 Å². The third kappa shape index (κ3) is 4.98. The number of aromatic amines is 1. The molecule has 7 nitrogen and oxygen atoms in total. The highest BCUT2D eigenvalue weighted by Gasteiger charge is 2.21. The fourth-order valence-electron chi connectivity index (χ4n) is 3.58. The van der Waals surface area contributed by atoms with E-state index in [1.165, 1.54) is 18.9 Å². The largest absolute Gasteiger partial charge is 0.385 e. The lowest BCUT2D eigenvalue weighted by molar-refractivity contribution is 0.0934. The molecule has 2 aromatic heterocycles. The van der Waals surface area contributed by atoms with Gasteiger partial charge in [0.15, 0.2) is 0 Å². The first-order valence-electron chi connectivity index (χ1n) is 10.0. The molecule has 0 bridgehead atoms. The van der Waals surface area contributed by atoms with Crippen LogP contribution in [-0.4, -0.2) is 47.0 Å². The molecule has 1 amide bonds. The number of nitrogen functional groups attached to an aromatic ring is 1. The Morgan fingerprint density at radius 2 is 2.14 bits per heavy atom. The minimum Gasteiger partial charge on any atom is -0.385 e. The average molecular weight is 383 g/mol. The van der Waals surface area contributed by atoms with E-state index in [1.807, 2.05) is 6.07 Å². The number of aromatic nitrogens is 2. The number of amides is 1. The Hall–Kier alpha value is -2.67. The zero-order valence-electron chi connectivity index (χ0n) is 16.4. The van der Waals surface area contributed by atoms with Crippen molar-refractivity contribution in [3.63, 3.8) is 0 Å². The molecule has 2 aromatic rings. The van der Waals surface area contributed by atoms with E-state index in [0.717, 1.165) is 32.5 Å². The summed E-state index contributed by atoms with van der Waals surface area (Å²) in [5.74, 6) is 0.288. The summed E-state index contributed by atoms with van der Waals surface area (Å²) < 4.78 is 0.